The van der Waals surface area contributed by atoms with Gasteiger partial charge in [-0.15, -0.1) is 0 Å². The van der Waals surface area contributed by atoms with Gasteiger partial charge in [0, 0.05) is 70.7 Å². The topological polar surface area (TPSA) is 167 Å². The van der Waals surface area contributed by atoms with Crippen molar-refractivity contribution in [3.05, 3.63) is 348 Å². The normalized spacial score (nSPS) is 16.4. The van der Waals surface area contributed by atoms with Gasteiger partial charge in [-0.2, -0.15) is 0 Å². The van der Waals surface area contributed by atoms with Crippen LogP contribution in [0.5, 0.6) is 34.5 Å². The zero-order valence-corrected chi connectivity index (χ0v) is 66.8. The molecule has 15 nitrogen and oxygen atoms in total. The SMILES string of the molecule is Clc1cccc(N=Cc2ccccc2OP2(Oc3ccccc3C=Nc3cccc(Cl)c3Cl)=NP(Oc3ccccc3C=Nc3cccc(Cl)c3Cl)(Oc3ccccc3C=Nc3cccc(Cl)c3Cl)=NP(Oc3ccccc3C=Nc3cccc(Cl)c3Cl)(Oc3ccccc3C=Nc3cccc(Cl)c3Cl)=N2)c1Cl. The van der Waals surface area contributed by atoms with Crippen molar-refractivity contribution >= 4 is 234 Å². The van der Waals surface area contributed by atoms with Crippen molar-refractivity contribution in [2.75, 3.05) is 0 Å². The summed E-state index contributed by atoms with van der Waals surface area (Å²) < 4.78 is 63.1. The molecule has 0 amide bonds. The van der Waals surface area contributed by atoms with Gasteiger partial charge in [-0.05, 0) is 146 Å². The summed E-state index contributed by atoms with van der Waals surface area (Å²) in [6.07, 6.45) is 9.20. The maximum atomic E-state index is 7.66. The van der Waals surface area contributed by atoms with Gasteiger partial charge in [0.05, 0.1) is 94.4 Å². The second-order valence-electron chi connectivity index (χ2n) is 22.5. The van der Waals surface area contributed by atoms with E-state index < -0.39 is 23.0 Å². The molecule has 0 saturated heterocycles. The Morgan fingerprint density at radius 1 is 0.194 bits per heavy atom. The van der Waals surface area contributed by atoms with E-state index in [9.17, 15) is 0 Å². The molecule has 0 aliphatic carbocycles. The van der Waals surface area contributed by atoms with Crippen LogP contribution in [0.2, 0.25) is 60.3 Å². The van der Waals surface area contributed by atoms with Crippen molar-refractivity contribution in [2.24, 2.45) is 43.5 Å². The van der Waals surface area contributed by atoms with Gasteiger partial charge in [-0.3, -0.25) is 30.0 Å². The lowest BCUT2D eigenvalue weighted by molar-refractivity contribution is 0.442. The maximum absolute atomic E-state index is 7.66. The van der Waals surface area contributed by atoms with Gasteiger partial charge >= 0.3 is 23.0 Å². The summed E-state index contributed by atoms with van der Waals surface area (Å²) in [5, 5.41) is 2.73. The smallest absolute Gasteiger partial charge is 0.413 e. The highest BCUT2D eigenvalue weighted by molar-refractivity contribution is 7.79. The average Bonchev–Trinajstić information content (AvgIpc) is 0.723. The summed E-state index contributed by atoms with van der Waals surface area (Å²) in [6.45, 7) is 0. The van der Waals surface area contributed by atoms with Crippen LogP contribution in [0.3, 0.4) is 0 Å². The highest BCUT2D eigenvalue weighted by atomic mass is 35.5. The first-order chi connectivity index (χ1) is 52.3. The van der Waals surface area contributed by atoms with Gasteiger partial charge in [-0.1, -0.05) is 262 Å². The zero-order chi connectivity index (χ0) is 75.4. The first kappa shape index (κ1) is 77.8. The molecule has 0 atom stereocenters. The third kappa shape index (κ3) is 18.9. The van der Waals surface area contributed by atoms with E-state index in [1.165, 1.54) is 37.3 Å². The Morgan fingerprint density at radius 2 is 0.343 bits per heavy atom. The minimum absolute atomic E-state index is 0.0731. The fraction of sp³-hybridized carbons (Fsp3) is 0. The van der Waals surface area contributed by atoms with E-state index in [1.54, 1.807) is 255 Å². The Morgan fingerprint density at radius 3 is 0.500 bits per heavy atom. The molecule has 0 fully saturated rings. The summed E-state index contributed by atoms with van der Waals surface area (Å²) in [4.78, 5) is 29.0. The van der Waals surface area contributed by atoms with E-state index in [1.807, 2.05) is 0 Å². The first-order valence-electron chi connectivity index (χ1n) is 31.8. The van der Waals surface area contributed by atoms with Gasteiger partial charge in [0.25, 0.3) is 0 Å². The second-order valence-corrected chi connectivity index (χ2v) is 33.4. The number of hydrogen-bond donors (Lipinski definition) is 0. The highest BCUT2D eigenvalue weighted by Crippen LogP contribution is 2.79. The Kier molecular flexibility index (Phi) is 25.6. The van der Waals surface area contributed by atoms with Gasteiger partial charge in [-0.25, -0.2) is 0 Å². The lowest BCUT2D eigenvalue weighted by Crippen LogP contribution is -2.13. The molecule has 0 saturated carbocycles. The maximum Gasteiger partial charge on any atom is 0.460 e. The second kappa shape index (κ2) is 35.5. The molecule has 108 heavy (non-hydrogen) atoms. The van der Waals surface area contributed by atoms with E-state index in [2.05, 4.69) is 0 Å². The Balaban J connectivity index is 1.17. The fourth-order valence-corrected chi connectivity index (χ4v) is 21.2. The molecule has 13 rings (SSSR count). The van der Waals surface area contributed by atoms with Gasteiger partial charge < -0.3 is 27.1 Å². The summed E-state index contributed by atoms with van der Waals surface area (Å²) in [5.74, 6) is 0.438. The minimum Gasteiger partial charge on any atom is -0.413 e. The van der Waals surface area contributed by atoms with Gasteiger partial charge in [0.2, 0.25) is 0 Å². The van der Waals surface area contributed by atoms with Crippen molar-refractivity contribution in [1.29, 1.82) is 0 Å². The van der Waals surface area contributed by atoms with Crippen LogP contribution >= 0.6 is 162 Å². The molecule has 12 aromatic rings. The number of aliphatic imine (C=N–C) groups is 6. The Bertz CT molecular complexity index is 4930. The third-order valence-electron chi connectivity index (χ3n) is 15.1. The van der Waals surface area contributed by atoms with Crippen molar-refractivity contribution in [3.63, 3.8) is 0 Å². The van der Waals surface area contributed by atoms with Crippen LogP contribution in [0.4, 0.5) is 34.1 Å². The van der Waals surface area contributed by atoms with E-state index in [0.717, 1.165) is 0 Å². The average molecular weight is 1730 g/mol. The van der Waals surface area contributed by atoms with E-state index in [-0.39, 0.29) is 94.8 Å². The largest absolute Gasteiger partial charge is 0.460 e. The summed E-state index contributed by atoms with van der Waals surface area (Å²) in [5.41, 5.74) is 4.04. The molecule has 0 aromatic heterocycles. The molecular weight excluding hydrogens is 1680 g/mol. The number of halogens is 12. The van der Waals surface area contributed by atoms with Crippen molar-refractivity contribution in [3.8, 4) is 34.5 Å². The van der Waals surface area contributed by atoms with E-state index >= 15 is 0 Å². The van der Waals surface area contributed by atoms with Crippen LogP contribution in [-0.4, -0.2) is 37.3 Å². The molecule has 0 bridgehead atoms. The molecular formula is C78H48Cl12N9O6P3. The molecule has 12 aromatic carbocycles. The zero-order valence-electron chi connectivity index (χ0n) is 55.1. The van der Waals surface area contributed by atoms with Crippen molar-refractivity contribution in [2.45, 2.75) is 0 Å². The molecule has 0 N–H and O–H groups in total. The van der Waals surface area contributed by atoms with E-state index in [0.29, 0.717) is 67.5 Å². The van der Waals surface area contributed by atoms with Crippen LogP contribution in [0.1, 0.15) is 33.4 Å². The van der Waals surface area contributed by atoms with E-state index in [4.69, 9.17) is 210 Å². The summed E-state index contributed by atoms with van der Waals surface area (Å²) >= 11 is 80.4. The van der Waals surface area contributed by atoms with Crippen LogP contribution in [0.15, 0.2) is 298 Å². The lowest BCUT2D eigenvalue weighted by atomic mass is 10.2. The minimum atomic E-state index is -4.99. The molecule has 30 heteroatoms. The molecule has 0 radical (unpaired) electrons. The monoisotopic (exact) mass is 1720 g/mol. The quantitative estimate of drug-likeness (QED) is 0.0431. The van der Waals surface area contributed by atoms with Crippen LogP contribution in [-0.2, 0) is 0 Å². The summed E-state index contributed by atoms with van der Waals surface area (Å²) in [7, 11) is -15.0. The molecule has 1 aliphatic heterocycles. The van der Waals surface area contributed by atoms with Gasteiger partial charge in [0.15, 0.2) is 0 Å². The number of nitrogens with zero attached hydrogens (tertiary/aromatic N) is 9. The van der Waals surface area contributed by atoms with Crippen molar-refractivity contribution in [1.82, 2.24) is 0 Å². The molecule has 0 spiro atoms. The number of rotatable bonds is 24. The Labute approximate surface area is 681 Å². The number of para-hydroxylation sites is 6. The van der Waals surface area contributed by atoms with Gasteiger partial charge in [0.1, 0.15) is 34.5 Å². The summed E-state index contributed by atoms with van der Waals surface area (Å²) in [6, 6.07) is 71.9. The predicted octanol–water partition coefficient (Wildman–Crippen LogP) is 30.7. The molecule has 1 aliphatic rings. The first-order valence-corrected chi connectivity index (χ1v) is 41.0. The number of hydrogen-bond acceptors (Lipinski definition) is 15. The van der Waals surface area contributed by atoms with Crippen LogP contribution < -0.4 is 27.1 Å². The standard InChI is InChI=1S/C78H48Cl12N9O6P3/c79-55-25-13-31-61(73(55)85)91-43-49-19-1-7-37-67(49)100-106(101-68-38-8-2-20-50(68)44-92-62-32-14-26-56(80)74(62)86)97-107(102-69-39-9-3-21-51(69)45-93-63-33-15-27-57(81)75(63)87,103-70-40-10-4-22-52(70)46-94-64-34-16-28-58(82)76(64)88)99-108(98-106,104-71-41-11-5-23-53(71)47-95-65-35-17-29-59(83)77(65)89)105-72-42-12-6-24-54(72)48-96-66-36-18-30-60(84)78(66)90/h1-48H. The fourth-order valence-electron chi connectivity index (χ4n) is 9.94. The third-order valence-corrected chi connectivity index (χ3v) is 28.0. The van der Waals surface area contributed by atoms with Crippen LogP contribution in [0.25, 0.3) is 0 Å². The molecule has 0 unspecified atom stereocenters. The molecule has 540 valence electrons. The lowest BCUT2D eigenvalue weighted by Gasteiger charge is -2.34. The number of benzene rings is 12. The Hall–Kier alpha value is -8.37. The molecule has 1 heterocycles. The van der Waals surface area contributed by atoms with Crippen LogP contribution in [0, 0.1) is 0 Å². The van der Waals surface area contributed by atoms with Crippen molar-refractivity contribution < 1.29 is 27.1 Å². The highest BCUT2D eigenvalue weighted by Gasteiger charge is 2.50. The predicted molar refractivity (Wildman–Crippen MR) is 453 cm³/mol.